The highest BCUT2D eigenvalue weighted by molar-refractivity contribution is 7.93. The van der Waals surface area contributed by atoms with Crippen molar-refractivity contribution in [2.75, 3.05) is 18.4 Å². The molecule has 0 saturated heterocycles. The Hall–Kier alpha value is -0.980. The summed E-state index contributed by atoms with van der Waals surface area (Å²) in [5.74, 6) is 0.440. The summed E-state index contributed by atoms with van der Waals surface area (Å²) in [6, 6.07) is 5.28. The van der Waals surface area contributed by atoms with Crippen LogP contribution >= 0.6 is 11.6 Å². The van der Waals surface area contributed by atoms with Crippen LogP contribution in [0.2, 0.25) is 5.02 Å². The van der Waals surface area contributed by atoms with E-state index in [0.717, 1.165) is 12.8 Å². The quantitative estimate of drug-likeness (QED) is 0.809. The van der Waals surface area contributed by atoms with E-state index in [1.807, 2.05) is 0 Å². The maximum Gasteiger partial charge on any atom is 0.236 e. The van der Waals surface area contributed by atoms with Gasteiger partial charge in [0.25, 0.3) is 0 Å². The molecule has 2 rings (SSSR count). The highest BCUT2D eigenvalue weighted by atomic mass is 35.5. The van der Waals surface area contributed by atoms with Gasteiger partial charge in [-0.1, -0.05) is 11.6 Å². The maximum atomic E-state index is 12.2. The second kappa shape index (κ2) is 6.20. The zero-order valence-corrected chi connectivity index (χ0v) is 13.1. The molecule has 0 amide bonds. The third-order valence-corrected chi connectivity index (χ3v) is 5.27. The van der Waals surface area contributed by atoms with Crippen molar-refractivity contribution in [3.8, 4) is 5.75 Å². The van der Waals surface area contributed by atoms with Crippen LogP contribution in [0.4, 0.5) is 5.69 Å². The molecule has 20 heavy (non-hydrogen) atoms. The van der Waals surface area contributed by atoms with Crippen molar-refractivity contribution in [1.29, 1.82) is 0 Å². The molecule has 112 valence electrons. The van der Waals surface area contributed by atoms with Crippen molar-refractivity contribution in [2.45, 2.75) is 31.1 Å². The fourth-order valence-electron chi connectivity index (χ4n) is 1.72. The van der Waals surface area contributed by atoms with Crippen molar-refractivity contribution in [3.63, 3.8) is 0 Å². The van der Waals surface area contributed by atoms with E-state index in [2.05, 4.69) is 10.0 Å². The Balaban J connectivity index is 2.02. The Morgan fingerprint density at radius 2 is 2.15 bits per heavy atom. The number of nitrogens with one attached hydrogen (secondary N) is 2. The van der Waals surface area contributed by atoms with E-state index in [4.69, 9.17) is 16.3 Å². The normalized spacial score (nSPS) is 16.8. The number of sulfonamides is 1. The Morgan fingerprint density at radius 1 is 1.45 bits per heavy atom. The van der Waals surface area contributed by atoms with Gasteiger partial charge >= 0.3 is 0 Å². The zero-order chi connectivity index (χ0) is 14.8. The van der Waals surface area contributed by atoms with Gasteiger partial charge in [-0.05, 0) is 31.9 Å². The summed E-state index contributed by atoms with van der Waals surface area (Å²) in [5, 5.41) is 3.15. The number of anilines is 1. The number of ether oxygens (including phenoxy) is 1. The van der Waals surface area contributed by atoms with Crippen molar-refractivity contribution < 1.29 is 13.2 Å². The van der Waals surface area contributed by atoms with Gasteiger partial charge in [0, 0.05) is 18.7 Å². The van der Waals surface area contributed by atoms with E-state index in [9.17, 15) is 8.42 Å². The molecule has 1 aliphatic rings. The summed E-state index contributed by atoms with van der Waals surface area (Å²) in [6.07, 6.45) is 2.27. The lowest BCUT2D eigenvalue weighted by molar-refractivity contribution is 0.415. The summed E-state index contributed by atoms with van der Waals surface area (Å²) < 4.78 is 32.0. The van der Waals surface area contributed by atoms with Gasteiger partial charge in [-0.3, -0.25) is 4.72 Å². The van der Waals surface area contributed by atoms with Gasteiger partial charge in [0.2, 0.25) is 10.0 Å². The van der Waals surface area contributed by atoms with E-state index in [-0.39, 0.29) is 0 Å². The fraction of sp³-hybridized carbons (Fsp3) is 0.538. The average Bonchev–Trinajstić information content (AvgIpc) is 3.22. The first-order valence-electron chi connectivity index (χ1n) is 6.51. The summed E-state index contributed by atoms with van der Waals surface area (Å²) in [6.45, 7) is 2.13. The average molecular weight is 319 g/mol. The van der Waals surface area contributed by atoms with Crippen molar-refractivity contribution in [1.82, 2.24) is 5.32 Å². The second-order valence-corrected chi connectivity index (χ2v) is 7.50. The number of benzene rings is 1. The minimum Gasteiger partial charge on any atom is -0.495 e. The van der Waals surface area contributed by atoms with E-state index in [0.29, 0.717) is 29.0 Å². The molecule has 0 heterocycles. The predicted molar refractivity (Wildman–Crippen MR) is 81.0 cm³/mol. The van der Waals surface area contributed by atoms with Crippen LogP contribution in [0.15, 0.2) is 18.2 Å². The molecule has 0 radical (unpaired) electrons. The minimum atomic E-state index is -3.43. The molecule has 0 spiro atoms. The molecule has 1 unspecified atom stereocenters. The Kier molecular flexibility index (Phi) is 4.78. The number of halogens is 1. The van der Waals surface area contributed by atoms with Crippen LogP contribution in [0.1, 0.15) is 19.8 Å². The highest BCUT2D eigenvalue weighted by Crippen LogP contribution is 2.28. The topological polar surface area (TPSA) is 67.4 Å². The number of hydrogen-bond donors (Lipinski definition) is 2. The van der Waals surface area contributed by atoms with Crippen LogP contribution in [0.5, 0.6) is 5.75 Å². The fourth-order valence-corrected chi connectivity index (χ4v) is 2.88. The Morgan fingerprint density at radius 3 is 2.75 bits per heavy atom. The molecule has 1 aromatic carbocycles. The number of hydrogen-bond acceptors (Lipinski definition) is 4. The SMILES string of the molecule is COc1cc(NS(=O)(=O)C(C)CNC2CC2)ccc1Cl. The van der Waals surface area contributed by atoms with E-state index in [1.165, 1.54) is 7.11 Å². The lowest BCUT2D eigenvalue weighted by Gasteiger charge is -2.16. The predicted octanol–water partition coefficient (Wildman–Crippen LogP) is 2.23. The molecule has 1 atom stereocenters. The van der Waals surface area contributed by atoms with E-state index < -0.39 is 15.3 Å². The zero-order valence-electron chi connectivity index (χ0n) is 11.5. The molecule has 0 aromatic heterocycles. The van der Waals surface area contributed by atoms with Crippen LogP contribution in [-0.4, -0.2) is 33.4 Å². The first-order valence-corrected chi connectivity index (χ1v) is 8.43. The lowest BCUT2D eigenvalue weighted by Crippen LogP contribution is -2.35. The Bertz CT molecular complexity index is 573. The van der Waals surface area contributed by atoms with Gasteiger partial charge in [-0.25, -0.2) is 8.42 Å². The summed E-state index contributed by atoms with van der Waals surface area (Å²) >= 11 is 5.91. The summed E-state index contributed by atoms with van der Waals surface area (Å²) in [7, 11) is -1.94. The van der Waals surface area contributed by atoms with E-state index in [1.54, 1.807) is 25.1 Å². The molecule has 1 saturated carbocycles. The maximum absolute atomic E-state index is 12.2. The molecular formula is C13H19ClN2O3S. The third-order valence-electron chi connectivity index (χ3n) is 3.21. The van der Waals surface area contributed by atoms with Crippen molar-refractivity contribution in [2.24, 2.45) is 0 Å². The van der Waals surface area contributed by atoms with Crippen LogP contribution in [0, 0.1) is 0 Å². The molecule has 5 nitrogen and oxygen atoms in total. The molecular weight excluding hydrogens is 300 g/mol. The largest absolute Gasteiger partial charge is 0.495 e. The third kappa shape index (κ3) is 4.01. The van der Waals surface area contributed by atoms with Gasteiger partial charge in [0.1, 0.15) is 5.75 Å². The second-order valence-electron chi connectivity index (χ2n) is 4.99. The molecule has 1 fully saturated rings. The molecule has 0 bridgehead atoms. The molecule has 0 aliphatic heterocycles. The van der Waals surface area contributed by atoms with E-state index >= 15 is 0 Å². The van der Waals surface area contributed by atoms with Gasteiger partial charge in [-0.2, -0.15) is 0 Å². The number of methoxy groups -OCH3 is 1. The molecule has 7 heteroatoms. The Labute approximate surface area is 124 Å². The molecule has 2 N–H and O–H groups in total. The van der Waals surface area contributed by atoms with Gasteiger partial charge in [0.05, 0.1) is 23.1 Å². The first kappa shape index (κ1) is 15.4. The number of rotatable bonds is 7. The smallest absolute Gasteiger partial charge is 0.236 e. The monoisotopic (exact) mass is 318 g/mol. The van der Waals surface area contributed by atoms with Crippen LogP contribution < -0.4 is 14.8 Å². The lowest BCUT2D eigenvalue weighted by atomic mass is 10.3. The van der Waals surface area contributed by atoms with Gasteiger partial charge in [0.15, 0.2) is 0 Å². The van der Waals surface area contributed by atoms with Crippen LogP contribution in [0.25, 0.3) is 0 Å². The van der Waals surface area contributed by atoms with Gasteiger partial charge < -0.3 is 10.1 Å². The highest BCUT2D eigenvalue weighted by Gasteiger charge is 2.25. The van der Waals surface area contributed by atoms with Crippen molar-refractivity contribution >= 4 is 27.3 Å². The summed E-state index contributed by atoms with van der Waals surface area (Å²) in [4.78, 5) is 0. The van der Waals surface area contributed by atoms with Crippen molar-refractivity contribution in [3.05, 3.63) is 23.2 Å². The van der Waals surface area contributed by atoms with Crippen LogP contribution in [0.3, 0.4) is 0 Å². The molecule has 1 aromatic rings. The molecule has 1 aliphatic carbocycles. The summed E-state index contributed by atoms with van der Waals surface area (Å²) in [5.41, 5.74) is 0.449. The standard InChI is InChI=1S/C13H19ClN2O3S/c1-9(8-15-10-3-4-10)20(17,18)16-11-5-6-12(14)13(7-11)19-2/h5-7,9-10,15-16H,3-4,8H2,1-2H3. The minimum absolute atomic E-state index is 0.440. The van der Waals surface area contributed by atoms with Gasteiger partial charge in [-0.15, -0.1) is 0 Å². The van der Waals surface area contributed by atoms with Crippen LogP contribution in [-0.2, 0) is 10.0 Å². The first-order chi connectivity index (χ1) is 9.42.